The molecule has 0 bridgehead atoms. The molecule has 2 N–H and O–H groups in total. The third kappa shape index (κ3) is 7.39. The van der Waals surface area contributed by atoms with Gasteiger partial charge in [-0.2, -0.15) is 0 Å². The summed E-state index contributed by atoms with van der Waals surface area (Å²) in [7, 11) is 5.82. The van der Waals surface area contributed by atoms with Gasteiger partial charge in [0.1, 0.15) is 5.82 Å². The van der Waals surface area contributed by atoms with Crippen molar-refractivity contribution >= 4 is 29.9 Å². The van der Waals surface area contributed by atoms with E-state index in [1.54, 1.807) is 19.2 Å². The van der Waals surface area contributed by atoms with Crippen LogP contribution in [0.25, 0.3) is 0 Å². The van der Waals surface area contributed by atoms with Gasteiger partial charge < -0.3 is 15.5 Å². The summed E-state index contributed by atoms with van der Waals surface area (Å²) in [5.74, 6) is 0.438. The van der Waals surface area contributed by atoms with Gasteiger partial charge >= 0.3 is 0 Å². The van der Waals surface area contributed by atoms with Crippen LogP contribution in [0.4, 0.5) is 4.39 Å². The molecule has 6 heteroatoms. The largest absolute Gasteiger partial charge is 0.352 e. The Kier molecular flexibility index (Phi) is 9.44. The molecule has 0 unspecified atom stereocenters. The van der Waals surface area contributed by atoms with Gasteiger partial charge in [0.25, 0.3) is 0 Å². The lowest BCUT2D eigenvalue weighted by Crippen LogP contribution is -2.36. The molecule has 0 amide bonds. The van der Waals surface area contributed by atoms with Crippen LogP contribution in [0, 0.1) is 5.82 Å². The first kappa shape index (κ1) is 21.4. The van der Waals surface area contributed by atoms with Gasteiger partial charge in [-0.15, -0.1) is 24.0 Å². The summed E-state index contributed by atoms with van der Waals surface area (Å²) in [5, 5.41) is 6.39. The first-order valence-electron chi connectivity index (χ1n) is 7.99. The topological polar surface area (TPSA) is 39.7 Å². The lowest BCUT2D eigenvalue weighted by molar-refractivity contribution is 0.402. The Morgan fingerprint density at radius 1 is 1.00 bits per heavy atom. The zero-order valence-corrected chi connectivity index (χ0v) is 17.3. The van der Waals surface area contributed by atoms with E-state index >= 15 is 0 Å². The van der Waals surface area contributed by atoms with Crippen LogP contribution in [-0.2, 0) is 19.6 Å². The van der Waals surface area contributed by atoms with Gasteiger partial charge in [0, 0.05) is 32.2 Å². The van der Waals surface area contributed by atoms with Crippen molar-refractivity contribution in [2.45, 2.75) is 19.6 Å². The molecule has 0 heterocycles. The van der Waals surface area contributed by atoms with Crippen LogP contribution in [0.2, 0.25) is 0 Å². The summed E-state index contributed by atoms with van der Waals surface area (Å²) in [6, 6.07) is 15.2. The summed E-state index contributed by atoms with van der Waals surface area (Å²) in [5.41, 5.74) is 3.07. The fourth-order valence-corrected chi connectivity index (χ4v) is 2.43. The van der Waals surface area contributed by atoms with Crippen molar-refractivity contribution < 1.29 is 4.39 Å². The minimum atomic E-state index is -0.211. The molecular weight excluding hydrogens is 430 g/mol. The highest BCUT2D eigenvalue weighted by atomic mass is 127. The fraction of sp³-hybridized carbons (Fsp3) is 0.316. The van der Waals surface area contributed by atoms with Gasteiger partial charge in [-0.25, -0.2) is 4.39 Å². The molecule has 2 aromatic carbocycles. The van der Waals surface area contributed by atoms with Crippen molar-refractivity contribution in [1.29, 1.82) is 0 Å². The second-order valence-electron chi connectivity index (χ2n) is 5.93. The number of hydrogen-bond donors (Lipinski definition) is 2. The number of halogens is 2. The summed E-state index contributed by atoms with van der Waals surface area (Å²) in [6.45, 7) is 1.97. The van der Waals surface area contributed by atoms with Gasteiger partial charge in [0.2, 0.25) is 0 Å². The standard InChI is InChI=1S/C19H25FN4.HI/c1-21-19(23-13-17-9-4-5-10-18(17)20)22-12-15-7-6-8-16(11-15)14-24(2)3;/h4-11H,12-14H2,1-3H3,(H2,21,22,23);1H. The van der Waals surface area contributed by atoms with Crippen molar-refractivity contribution in [3.8, 4) is 0 Å². The zero-order chi connectivity index (χ0) is 17.4. The number of nitrogens with zero attached hydrogens (tertiary/aromatic N) is 2. The SMILES string of the molecule is CN=C(NCc1cccc(CN(C)C)c1)NCc1ccccc1F.I. The molecule has 0 aliphatic carbocycles. The van der Waals surface area contributed by atoms with Gasteiger partial charge in [-0.3, -0.25) is 4.99 Å². The molecule has 2 aromatic rings. The van der Waals surface area contributed by atoms with Crippen LogP contribution in [0.15, 0.2) is 53.5 Å². The third-order valence-corrected chi connectivity index (χ3v) is 3.58. The molecule has 0 fully saturated rings. The van der Waals surface area contributed by atoms with Gasteiger partial charge in [0.05, 0.1) is 0 Å². The van der Waals surface area contributed by atoms with E-state index in [0.29, 0.717) is 24.6 Å². The monoisotopic (exact) mass is 456 g/mol. The number of guanidine groups is 1. The normalized spacial score (nSPS) is 11.2. The highest BCUT2D eigenvalue weighted by molar-refractivity contribution is 14.0. The Labute approximate surface area is 166 Å². The number of aliphatic imine (C=N–C) groups is 1. The lowest BCUT2D eigenvalue weighted by atomic mass is 10.1. The number of hydrogen-bond acceptors (Lipinski definition) is 2. The Morgan fingerprint density at radius 3 is 2.36 bits per heavy atom. The molecule has 2 rings (SSSR count). The van der Waals surface area contributed by atoms with Crippen molar-refractivity contribution in [2.75, 3.05) is 21.1 Å². The molecule has 0 saturated heterocycles. The van der Waals surface area contributed by atoms with Crippen molar-refractivity contribution in [1.82, 2.24) is 15.5 Å². The van der Waals surface area contributed by atoms with E-state index < -0.39 is 0 Å². The maximum Gasteiger partial charge on any atom is 0.191 e. The molecule has 136 valence electrons. The minimum absolute atomic E-state index is 0. The summed E-state index contributed by atoms with van der Waals surface area (Å²) in [6.07, 6.45) is 0. The summed E-state index contributed by atoms with van der Waals surface area (Å²) in [4.78, 5) is 6.32. The molecule has 0 atom stereocenters. The van der Waals surface area contributed by atoms with Crippen LogP contribution >= 0.6 is 24.0 Å². The van der Waals surface area contributed by atoms with Crippen LogP contribution in [0.3, 0.4) is 0 Å². The molecule has 4 nitrogen and oxygen atoms in total. The summed E-state index contributed by atoms with van der Waals surface area (Å²) < 4.78 is 13.6. The maximum atomic E-state index is 13.6. The molecule has 0 aliphatic rings. The Balaban J connectivity index is 0.00000312. The smallest absolute Gasteiger partial charge is 0.191 e. The Hall–Kier alpha value is -1.67. The van der Waals surface area contributed by atoms with Crippen LogP contribution in [0.5, 0.6) is 0 Å². The predicted octanol–water partition coefficient (Wildman–Crippen LogP) is 3.37. The quantitative estimate of drug-likeness (QED) is 0.398. The molecular formula is C19H26FIN4. The predicted molar refractivity (Wildman–Crippen MR) is 113 cm³/mol. The third-order valence-electron chi connectivity index (χ3n) is 3.58. The van der Waals surface area contributed by atoms with E-state index in [2.05, 4.69) is 58.9 Å². The molecule has 25 heavy (non-hydrogen) atoms. The first-order chi connectivity index (χ1) is 11.6. The van der Waals surface area contributed by atoms with Crippen LogP contribution in [-0.4, -0.2) is 32.0 Å². The van der Waals surface area contributed by atoms with E-state index in [9.17, 15) is 4.39 Å². The lowest BCUT2D eigenvalue weighted by Gasteiger charge is -2.14. The molecule has 0 aliphatic heterocycles. The van der Waals surface area contributed by atoms with Gasteiger partial charge in [0.15, 0.2) is 5.96 Å². The number of nitrogens with one attached hydrogen (secondary N) is 2. The van der Waals surface area contributed by atoms with Crippen molar-refractivity contribution in [3.05, 3.63) is 71.0 Å². The van der Waals surface area contributed by atoms with Crippen LogP contribution in [0.1, 0.15) is 16.7 Å². The minimum Gasteiger partial charge on any atom is -0.352 e. The average Bonchev–Trinajstić information content (AvgIpc) is 2.56. The Morgan fingerprint density at radius 2 is 1.68 bits per heavy atom. The second-order valence-corrected chi connectivity index (χ2v) is 5.93. The molecule has 0 saturated carbocycles. The second kappa shape index (κ2) is 11.0. The van der Waals surface area contributed by atoms with Crippen LogP contribution < -0.4 is 10.6 Å². The number of rotatable bonds is 6. The van der Waals surface area contributed by atoms with E-state index in [-0.39, 0.29) is 29.8 Å². The van der Waals surface area contributed by atoms with E-state index in [4.69, 9.17) is 0 Å². The van der Waals surface area contributed by atoms with Gasteiger partial charge in [-0.1, -0.05) is 42.5 Å². The van der Waals surface area contributed by atoms with E-state index in [1.165, 1.54) is 17.2 Å². The van der Waals surface area contributed by atoms with Crippen molar-refractivity contribution in [3.63, 3.8) is 0 Å². The average molecular weight is 456 g/mol. The van der Waals surface area contributed by atoms with E-state index in [0.717, 1.165) is 6.54 Å². The summed E-state index contributed by atoms with van der Waals surface area (Å²) >= 11 is 0. The first-order valence-corrected chi connectivity index (χ1v) is 7.99. The maximum absolute atomic E-state index is 13.6. The molecule has 0 aromatic heterocycles. The molecule has 0 radical (unpaired) electrons. The van der Waals surface area contributed by atoms with E-state index in [1.807, 2.05) is 6.07 Å². The zero-order valence-electron chi connectivity index (χ0n) is 14.9. The number of benzene rings is 2. The fourth-order valence-electron chi connectivity index (χ4n) is 2.43. The highest BCUT2D eigenvalue weighted by Crippen LogP contribution is 2.07. The Bertz CT molecular complexity index is 689. The van der Waals surface area contributed by atoms with Crippen molar-refractivity contribution in [2.24, 2.45) is 4.99 Å². The molecule has 0 spiro atoms. The van der Waals surface area contributed by atoms with Gasteiger partial charge in [-0.05, 0) is 31.3 Å². The highest BCUT2D eigenvalue weighted by Gasteiger charge is 2.03.